The molecule has 0 aromatic heterocycles. The maximum absolute atomic E-state index is 13.4. The van der Waals surface area contributed by atoms with Crippen molar-refractivity contribution in [1.82, 2.24) is 0 Å². The minimum atomic E-state index is -0.545. The molecule has 2 aromatic carbocycles. The van der Waals surface area contributed by atoms with Crippen molar-refractivity contribution in [2.75, 3.05) is 32.8 Å². The molecule has 1 amide bonds. The van der Waals surface area contributed by atoms with Crippen LogP contribution in [0.4, 0.5) is 5.69 Å². The second kappa shape index (κ2) is 9.38. The third-order valence-corrected chi connectivity index (χ3v) is 4.93. The topological polar surface area (TPSA) is 74.3 Å². The number of benzene rings is 2. The number of allylic oxidation sites excluding steroid dienone is 1. The first-order chi connectivity index (χ1) is 14.9. The largest absolute Gasteiger partial charge is 0.497 e. The van der Waals surface area contributed by atoms with Crippen molar-refractivity contribution in [3.8, 4) is 17.2 Å². The van der Waals surface area contributed by atoms with Gasteiger partial charge in [0.25, 0.3) is 5.91 Å². The molecule has 1 heterocycles. The summed E-state index contributed by atoms with van der Waals surface area (Å²) in [6.07, 6.45) is 1.66. The third kappa shape index (κ3) is 4.26. The zero-order valence-corrected chi connectivity index (χ0v) is 18.2. The predicted octanol–water partition coefficient (Wildman–Crippen LogP) is 3.98. The molecule has 0 saturated carbocycles. The zero-order chi connectivity index (χ0) is 22.5. The maximum Gasteiger partial charge on any atom is 0.340 e. The minimum Gasteiger partial charge on any atom is -0.497 e. The molecule has 0 aliphatic carbocycles. The van der Waals surface area contributed by atoms with Gasteiger partial charge in [-0.2, -0.15) is 0 Å². The van der Waals surface area contributed by atoms with E-state index in [1.165, 1.54) is 12.0 Å². The van der Waals surface area contributed by atoms with Crippen LogP contribution in [0.3, 0.4) is 0 Å². The van der Waals surface area contributed by atoms with Crippen LogP contribution < -0.4 is 19.1 Å². The van der Waals surface area contributed by atoms with Crippen LogP contribution in [0.2, 0.25) is 0 Å². The van der Waals surface area contributed by atoms with Gasteiger partial charge in [0.15, 0.2) is 11.5 Å². The molecular formula is C24H25NO6. The van der Waals surface area contributed by atoms with Gasteiger partial charge in [0.05, 0.1) is 39.1 Å². The quantitative estimate of drug-likeness (QED) is 0.495. The molecule has 0 bridgehead atoms. The molecule has 0 saturated heterocycles. The van der Waals surface area contributed by atoms with Crippen LogP contribution in [-0.4, -0.2) is 39.8 Å². The summed E-state index contributed by atoms with van der Waals surface area (Å²) < 4.78 is 21.0. The summed E-state index contributed by atoms with van der Waals surface area (Å²) in [6.45, 7) is 3.66. The van der Waals surface area contributed by atoms with E-state index in [1.807, 2.05) is 0 Å². The fourth-order valence-electron chi connectivity index (χ4n) is 3.43. The number of amides is 1. The number of carbonyl (C=O) groups excluding carboxylic acids is 2. The van der Waals surface area contributed by atoms with Gasteiger partial charge in [-0.15, -0.1) is 0 Å². The summed E-state index contributed by atoms with van der Waals surface area (Å²) in [4.78, 5) is 27.6. The monoisotopic (exact) mass is 423 g/mol. The molecule has 0 fully saturated rings. The van der Waals surface area contributed by atoms with E-state index in [-0.39, 0.29) is 23.7 Å². The first-order valence-corrected chi connectivity index (χ1v) is 9.75. The molecule has 7 heteroatoms. The lowest BCUT2D eigenvalue weighted by Crippen LogP contribution is -2.24. The molecule has 3 rings (SSSR count). The standard InChI is InChI=1S/C24H25NO6/c1-6-31-24(27)22-15(2)25(17-8-10-18(28-3)11-9-17)23(26)19(22)13-16-7-12-20(29-4)21(14-16)30-5/h7-14H,6H2,1-5H3/b19-13-. The molecular weight excluding hydrogens is 398 g/mol. The van der Waals surface area contributed by atoms with Crippen molar-refractivity contribution in [1.29, 1.82) is 0 Å². The van der Waals surface area contributed by atoms with Gasteiger partial charge in [0.2, 0.25) is 0 Å². The smallest absolute Gasteiger partial charge is 0.340 e. The summed E-state index contributed by atoms with van der Waals surface area (Å²) >= 11 is 0. The van der Waals surface area contributed by atoms with Gasteiger partial charge in [0.1, 0.15) is 5.75 Å². The normalized spacial score (nSPS) is 14.8. The van der Waals surface area contributed by atoms with Crippen molar-refractivity contribution in [2.24, 2.45) is 0 Å². The highest BCUT2D eigenvalue weighted by molar-refractivity contribution is 6.23. The summed E-state index contributed by atoms with van der Waals surface area (Å²) in [6, 6.07) is 12.3. The lowest BCUT2D eigenvalue weighted by molar-refractivity contribution is -0.138. The molecule has 162 valence electrons. The van der Waals surface area contributed by atoms with Crippen molar-refractivity contribution < 1.29 is 28.5 Å². The molecule has 2 aromatic rings. The molecule has 1 aliphatic rings. The Bertz CT molecular complexity index is 1050. The number of esters is 1. The van der Waals surface area contributed by atoms with Crippen molar-refractivity contribution in [2.45, 2.75) is 13.8 Å². The van der Waals surface area contributed by atoms with E-state index in [1.54, 1.807) is 76.6 Å². The SMILES string of the molecule is CCOC(=O)C1=C(C)N(c2ccc(OC)cc2)C(=O)/C1=C\c1ccc(OC)c(OC)c1. The highest BCUT2D eigenvalue weighted by Gasteiger charge is 2.38. The Morgan fingerprint density at radius 2 is 1.65 bits per heavy atom. The Kier molecular flexibility index (Phi) is 6.65. The Morgan fingerprint density at radius 3 is 2.23 bits per heavy atom. The van der Waals surface area contributed by atoms with Gasteiger partial charge < -0.3 is 18.9 Å². The van der Waals surface area contributed by atoms with Gasteiger partial charge in [-0.1, -0.05) is 6.07 Å². The Hall–Kier alpha value is -3.74. The Labute approximate surface area is 181 Å². The number of hydrogen-bond donors (Lipinski definition) is 0. The van der Waals surface area contributed by atoms with E-state index in [0.717, 1.165) is 0 Å². The number of methoxy groups -OCH3 is 3. The molecule has 0 N–H and O–H groups in total. The number of rotatable bonds is 7. The highest BCUT2D eigenvalue weighted by atomic mass is 16.5. The minimum absolute atomic E-state index is 0.204. The average molecular weight is 423 g/mol. The maximum atomic E-state index is 13.4. The molecule has 0 spiro atoms. The van der Waals surface area contributed by atoms with Gasteiger partial charge in [0, 0.05) is 11.4 Å². The zero-order valence-electron chi connectivity index (χ0n) is 18.2. The lowest BCUT2D eigenvalue weighted by Gasteiger charge is -2.18. The molecule has 1 aliphatic heterocycles. The molecule has 0 atom stereocenters. The Balaban J connectivity index is 2.10. The van der Waals surface area contributed by atoms with Gasteiger partial charge in [-0.25, -0.2) is 4.79 Å². The number of anilines is 1. The van der Waals surface area contributed by atoms with Crippen molar-refractivity contribution in [3.05, 3.63) is 64.9 Å². The summed E-state index contributed by atoms with van der Waals surface area (Å²) in [5.41, 5.74) is 2.30. The highest BCUT2D eigenvalue weighted by Crippen LogP contribution is 2.37. The predicted molar refractivity (Wildman–Crippen MR) is 117 cm³/mol. The van der Waals surface area contributed by atoms with E-state index in [0.29, 0.717) is 34.2 Å². The fraction of sp³-hybridized carbons (Fsp3) is 0.250. The van der Waals surface area contributed by atoms with Crippen molar-refractivity contribution in [3.63, 3.8) is 0 Å². The fourth-order valence-corrected chi connectivity index (χ4v) is 3.43. The molecule has 31 heavy (non-hydrogen) atoms. The van der Waals surface area contributed by atoms with E-state index < -0.39 is 5.97 Å². The van der Waals surface area contributed by atoms with E-state index in [2.05, 4.69) is 0 Å². The second-order valence-electron chi connectivity index (χ2n) is 6.69. The van der Waals surface area contributed by atoms with E-state index >= 15 is 0 Å². The van der Waals surface area contributed by atoms with Crippen LogP contribution >= 0.6 is 0 Å². The van der Waals surface area contributed by atoms with Crippen LogP contribution in [0, 0.1) is 0 Å². The summed E-state index contributed by atoms with van der Waals surface area (Å²) in [7, 11) is 4.66. The van der Waals surface area contributed by atoms with Crippen LogP contribution in [0.25, 0.3) is 6.08 Å². The van der Waals surface area contributed by atoms with Gasteiger partial charge in [-0.05, 0) is 61.9 Å². The second-order valence-corrected chi connectivity index (χ2v) is 6.69. The van der Waals surface area contributed by atoms with E-state index in [9.17, 15) is 9.59 Å². The van der Waals surface area contributed by atoms with Crippen LogP contribution in [0.1, 0.15) is 19.4 Å². The molecule has 0 unspecified atom stereocenters. The molecule has 7 nitrogen and oxygen atoms in total. The van der Waals surface area contributed by atoms with E-state index in [4.69, 9.17) is 18.9 Å². The van der Waals surface area contributed by atoms with Crippen LogP contribution in [0.15, 0.2) is 59.3 Å². The Morgan fingerprint density at radius 1 is 0.968 bits per heavy atom. The summed E-state index contributed by atoms with van der Waals surface area (Å²) in [5, 5.41) is 0. The first kappa shape index (κ1) is 22.0. The third-order valence-electron chi connectivity index (χ3n) is 4.93. The van der Waals surface area contributed by atoms with Gasteiger partial charge in [-0.3, -0.25) is 9.69 Å². The number of carbonyl (C=O) groups is 2. The summed E-state index contributed by atoms with van der Waals surface area (Å²) in [5.74, 6) is 0.896. The number of ether oxygens (including phenoxy) is 4. The van der Waals surface area contributed by atoms with Crippen molar-refractivity contribution >= 4 is 23.6 Å². The average Bonchev–Trinajstić information content (AvgIpc) is 3.03. The molecule has 0 radical (unpaired) electrons. The number of nitrogens with zero attached hydrogens (tertiary/aromatic N) is 1. The lowest BCUT2D eigenvalue weighted by atomic mass is 10.0. The first-order valence-electron chi connectivity index (χ1n) is 9.75. The van der Waals surface area contributed by atoms with Gasteiger partial charge >= 0.3 is 5.97 Å². The van der Waals surface area contributed by atoms with Crippen LogP contribution in [0.5, 0.6) is 17.2 Å². The number of hydrogen-bond acceptors (Lipinski definition) is 6. The van der Waals surface area contributed by atoms with Crippen LogP contribution in [-0.2, 0) is 14.3 Å².